The van der Waals surface area contributed by atoms with E-state index in [4.69, 9.17) is 5.73 Å². The third kappa shape index (κ3) is 2.30. The Kier molecular flexibility index (Phi) is 3.46. The van der Waals surface area contributed by atoms with Crippen molar-refractivity contribution in [2.24, 2.45) is 17.6 Å². The number of amides is 1. The van der Waals surface area contributed by atoms with E-state index in [1.54, 1.807) is 6.07 Å². The molecule has 1 aliphatic carbocycles. The number of hydrogen-bond acceptors (Lipinski definition) is 2. The fraction of sp³-hybridized carbons (Fsp3) is 0.533. The number of carbonyl (C=O) groups excluding carboxylic acids is 1. The quantitative estimate of drug-likeness (QED) is 0.919. The van der Waals surface area contributed by atoms with Crippen molar-refractivity contribution < 1.29 is 13.6 Å². The molecule has 0 spiro atoms. The van der Waals surface area contributed by atoms with Gasteiger partial charge in [-0.1, -0.05) is 12.1 Å². The fourth-order valence-electron chi connectivity index (χ4n) is 3.08. The lowest BCUT2D eigenvalue weighted by atomic mass is 10.1. The van der Waals surface area contributed by atoms with Crippen LogP contribution in [-0.2, 0) is 4.79 Å². The van der Waals surface area contributed by atoms with Crippen LogP contribution in [0.4, 0.5) is 8.78 Å². The Bertz CT molecular complexity index is 535. The van der Waals surface area contributed by atoms with Crippen LogP contribution in [0.25, 0.3) is 0 Å². The molecule has 2 aliphatic rings. The van der Waals surface area contributed by atoms with E-state index in [9.17, 15) is 13.6 Å². The molecule has 1 aromatic carbocycles. The van der Waals surface area contributed by atoms with Gasteiger partial charge < -0.3 is 10.6 Å². The SMILES string of the molecule is NCC1CCN(C(=O)C2CC2c2cccc(F)c2F)C1. The first-order valence-electron chi connectivity index (χ1n) is 7.04. The van der Waals surface area contributed by atoms with Crippen molar-refractivity contribution in [1.82, 2.24) is 4.90 Å². The van der Waals surface area contributed by atoms with E-state index in [1.807, 2.05) is 4.90 Å². The first-order valence-corrected chi connectivity index (χ1v) is 7.04. The fourth-order valence-corrected chi connectivity index (χ4v) is 3.08. The summed E-state index contributed by atoms with van der Waals surface area (Å²) < 4.78 is 26.9. The predicted octanol–water partition coefficient (Wildman–Crippen LogP) is 1.88. The van der Waals surface area contributed by atoms with Gasteiger partial charge in [-0.25, -0.2) is 8.78 Å². The number of likely N-dealkylation sites (tertiary alicyclic amines) is 1. The van der Waals surface area contributed by atoms with Gasteiger partial charge in [0.05, 0.1) is 0 Å². The van der Waals surface area contributed by atoms with E-state index >= 15 is 0 Å². The third-order valence-electron chi connectivity index (χ3n) is 4.42. The molecule has 0 aromatic heterocycles. The average molecular weight is 280 g/mol. The van der Waals surface area contributed by atoms with Crippen LogP contribution in [0.3, 0.4) is 0 Å². The first-order chi connectivity index (χ1) is 9.61. The van der Waals surface area contributed by atoms with Gasteiger partial charge in [-0.3, -0.25) is 4.79 Å². The largest absolute Gasteiger partial charge is 0.342 e. The summed E-state index contributed by atoms with van der Waals surface area (Å²) in [6.45, 7) is 2.02. The van der Waals surface area contributed by atoms with E-state index in [-0.39, 0.29) is 17.7 Å². The summed E-state index contributed by atoms with van der Waals surface area (Å²) in [6.07, 6.45) is 1.55. The van der Waals surface area contributed by atoms with Gasteiger partial charge in [-0.15, -0.1) is 0 Å². The second-order valence-corrected chi connectivity index (χ2v) is 5.77. The highest BCUT2D eigenvalue weighted by atomic mass is 19.2. The number of benzene rings is 1. The van der Waals surface area contributed by atoms with Gasteiger partial charge in [0.2, 0.25) is 5.91 Å². The molecule has 3 rings (SSSR count). The van der Waals surface area contributed by atoms with Crippen LogP contribution in [-0.4, -0.2) is 30.4 Å². The second kappa shape index (κ2) is 5.13. The summed E-state index contributed by atoms with van der Waals surface area (Å²) in [5.74, 6) is -1.58. The van der Waals surface area contributed by atoms with Gasteiger partial charge >= 0.3 is 0 Å². The summed E-state index contributed by atoms with van der Waals surface area (Å²) >= 11 is 0. The minimum Gasteiger partial charge on any atom is -0.342 e. The molecule has 3 nitrogen and oxygen atoms in total. The highest BCUT2D eigenvalue weighted by molar-refractivity contribution is 5.83. The zero-order chi connectivity index (χ0) is 14.3. The van der Waals surface area contributed by atoms with Crippen molar-refractivity contribution in [1.29, 1.82) is 0 Å². The number of rotatable bonds is 3. The van der Waals surface area contributed by atoms with E-state index < -0.39 is 11.6 Å². The molecule has 2 fully saturated rings. The highest BCUT2D eigenvalue weighted by Crippen LogP contribution is 2.49. The lowest BCUT2D eigenvalue weighted by Crippen LogP contribution is -2.31. The van der Waals surface area contributed by atoms with Gasteiger partial charge in [-0.05, 0) is 42.9 Å². The molecular formula is C15H18F2N2O. The van der Waals surface area contributed by atoms with Crippen LogP contribution in [0.2, 0.25) is 0 Å². The Balaban J connectivity index is 1.67. The average Bonchev–Trinajstić information content (AvgIpc) is 3.09. The van der Waals surface area contributed by atoms with Crippen LogP contribution in [0.5, 0.6) is 0 Å². The van der Waals surface area contributed by atoms with Gasteiger partial charge in [0.15, 0.2) is 11.6 Å². The number of nitrogens with zero attached hydrogens (tertiary/aromatic N) is 1. The van der Waals surface area contributed by atoms with Crippen LogP contribution in [0, 0.1) is 23.5 Å². The highest BCUT2D eigenvalue weighted by Gasteiger charge is 2.48. The molecule has 1 heterocycles. The molecule has 1 amide bonds. The van der Waals surface area contributed by atoms with Crippen molar-refractivity contribution in [2.45, 2.75) is 18.8 Å². The first kappa shape index (κ1) is 13.5. The molecule has 0 radical (unpaired) electrons. The van der Waals surface area contributed by atoms with Crippen molar-refractivity contribution in [2.75, 3.05) is 19.6 Å². The molecule has 5 heteroatoms. The second-order valence-electron chi connectivity index (χ2n) is 5.77. The predicted molar refractivity (Wildman–Crippen MR) is 70.9 cm³/mol. The van der Waals surface area contributed by atoms with Gasteiger partial charge in [-0.2, -0.15) is 0 Å². The summed E-state index contributed by atoms with van der Waals surface area (Å²) in [7, 11) is 0. The number of carbonyl (C=O) groups is 1. The number of hydrogen-bond donors (Lipinski definition) is 1. The van der Waals surface area contributed by atoms with Crippen molar-refractivity contribution in [3.63, 3.8) is 0 Å². The van der Waals surface area contributed by atoms with E-state index in [0.717, 1.165) is 19.0 Å². The minimum absolute atomic E-state index is 0.0645. The summed E-state index contributed by atoms with van der Waals surface area (Å²) in [5, 5.41) is 0. The maximum atomic E-state index is 13.7. The van der Waals surface area contributed by atoms with E-state index in [2.05, 4.69) is 0 Å². The van der Waals surface area contributed by atoms with E-state index in [0.29, 0.717) is 31.0 Å². The molecule has 0 bridgehead atoms. The Morgan fingerprint density at radius 2 is 2.20 bits per heavy atom. The summed E-state index contributed by atoms with van der Waals surface area (Å²) in [5.41, 5.74) is 5.94. The molecule has 2 N–H and O–H groups in total. The number of nitrogens with two attached hydrogens (primary N) is 1. The molecule has 3 unspecified atom stereocenters. The zero-order valence-electron chi connectivity index (χ0n) is 11.2. The van der Waals surface area contributed by atoms with Crippen LogP contribution in [0.1, 0.15) is 24.3 Å². The molecule has 108 valence electrons. The Hall–Kier alpha value is -1.49. The molecule has 1 saturated carbocycles. The Morgan fingerprint density at radius 1 is 1.40 bits per heavy atom. The molecule has 20 heavy (non-hydrogen) atoms. The molecule has 1 aliphatic heterocycles. The monoisotopic (exact) mass is 280 g/mol. The van der Waals surface area contributed by atoms with Crippen molar-refractivity contribution >= 4 is 5.91 Å². The Morgan fingerprint density at radius 3 is 2.90 bits per heavy atom. The standard InChI is InChI=1S/C15H18F2N2O/c16-13-3-1-2-10(14(13)17)11-6-12(11)15(20)19-5-4-9(7-18)8-19/h1-3,9,11-12H,4-8,18H2. The number of halogens is 2. The van der Waals surface area contributed by atoms with Crippen molar-refractivity contribution in [3.8, 4) is 0 Å². The molecule has 3 atom stereocenters. The zero-order valence-corrected chi connectivity index (χ0v) is 11.2. The smallest absolute Gasteiger partial charge is 0.226 e. The van der Waals surface area contributed by atoms with Crippen LogP contribution < -0.4 is 5.73 Å². The molecule has 1 saturated heterocycles. The normalized spacial score (nSPS) is 28.8. The van der Waals surface area contributed by atoms with Gasteiger partial charge in [0, 0.05) is 19.0 Å². The lowest BCUT2D eigenvalue weighted by molar-refractivity contribution is -0.131. The maximum Gasteiger partial charge on any atom is 0.226 e. The van der Waals surface area contributed by atoms with Crippen LogP contribution >= 0.6 is 0 Å². The molecule has 1 aromatic rings. The maximum absolute atomic E-state index is 13.7. The minimum atomic E-state index is -0.843. The lowest BCUT2D eigenvalue weighted by Gasteiger charge is -2.16. The third-order valence-corrected chi connectivity index (χ3v) is 4.42. The van der Waals surface area contributed by atoms with Crippen molar-refractivity contribution in [3.05, 3.63) is 35.4 Å². The topological polar surface area (TPSA) is 46.3 Å². The van der Waals surface area contributed by atoms with E-state index in [1.165, 1.54) is 6.07 Å². The molecular weight excluding hydrogens is 262 g/mol. The van der Waals surface area contributed by atoms with Crippen LogP contribution in [0.15, 0.2) is 18.2 Å². The van der Waals surface area contributed by atoms with Gasteiger partial charge in [0.1, 0.15) is 0 Å². The summed E-state index contributed by atoms with van der Waals surface area (Å²) in [6, 6.07) is 4.17. The summed E-state index contributed by atoms with van der Waals surface area (Å²) in [4.78, 5) is 14.1. The Labute approximate surface area is 116 Å². The van der Waals surface area contributed by atoms with Gasteiger partial charge in [0.25, 0.3) is 0 Å².